The third kappa shape index (κ3) is 5.31. The van der Waals surface area contributed by atoms with Crippen molar-refractivity contribution >= 4 is 6.03 Å². The number of hydrogen-bond donors (Lipinski definition) is 3. The Morgan fingerprint density at radius 1 is 1.08 bits per heavy atom. The average Bonchev–Trinajstić information content (AvgIpc) is 2.60. The maximum Gasteiger partial charge on any atom is 0.315 e. The van der Waals surface area contributed by atoms with Crippen LogP contribution in [-0.4, -0.2) is 33.8 Å². The molecule has 0 aliphatic carbocycles. The van der Waals surface area contributed by atoms with E-state index < -0.39 is 0 Å². The van der Waals surface area contributed by atoms with Crippen LogP contribution in [0.25, 0.3) is 11.1 Å². The number of hydrogen-bond acceptors (Lipinski definition) is 4. The fourth-order valence-corrected chi connectivity index (χ4v) is 2.43. The highest BCUT2D eigenvalue weighted by atomic mass is 16.3. The minimum atomic E-state index is -0.200. The van der Waals surface area contributed by atoms with E-state index in [-0.39, 0.29) is 24.7 Å². The van der Waals surface area contributed by atoms with Crippen LogP contribution in [0.5, 0.6) is 0 Å². The Balaban J connectivity index is 1.90. The Kier molecular flexibility index (Phi) is 6.69. The number of aromatic nitrogens is 2. The fourth-order valence-electron chi connectivity index (χ4n) is 2.43. The molecule has 24 heavy (non-hydrogen) atoms. The van der Waals surface area contributed by atoms with E-state index in [1.54, 1.807) is 12.4 Å². The smallest absolute Gasteiger partial charge is 0.315 e. The first-order valence-electron chi connectivity index (χ1n) is 8.13. The van der Waals surface area contributed by atoms with E-state index >= 15 is 0 Å². The Bertz CT molecular complexity index is 631. The van der Waals surface area contributed by atoms with Crippen LogP contribution in [0, 0.1) is 0 Å². The second-order valence-electron chi connectivity index (χ2n) is 5.86. The van der Waals surface area contributed by atoms with Gasteiger partial charge in [-0.25, -0.2) is 14.8 Å². The van der Waals surface area contributed by atoms with Crippen LogP contribution >= 0.6 is 0 Å². The van der Waals surface area contributed by atoms with Gasteiger partial charge in [0.05, 0.1) is 6.04 Å². The molecule has 3 N–H and O–H groups in total. The third-order valence-electron chi connectivity index (χ3n) is 3.82. The standard InChI is InChI=1S/C18H24N4O2/c1-13(4-3-9-23)21-18(24)22-14(2)15-5-7-16(8-6-15)17-10-19-12-20-11-17/h5-8,10-14,23H,3-4,9H2,1-2H3,(H2,21,22,24). The molecule has 0 bridgehead atoms. The third-order valence-corrected chi connectivity index (χ3v) is 3.82. The number of carbonyl (C=O) groups excluding carboxylic acids is 1. The number of aliphatic hydroxyl groups is 1. The minimum absolute atomic E-state index is 0.0322. The number of nitrogens with zero attached hydrogens (tertiary/aromatic N) is 2. The van der Waals surface area contributed by atoms with E-state index in [9.17, 15) is 4.79 Å². The number of benzene rings is 1. The molecule has 0 spiro atoms. The Hall–Kier alpha value is -2.47. The number of aliphatic hydroxyl groups excluding tert-OH is 1. The summed E-state index contributed by atoms with van der Waals surface area (Å²) in [5.41, 5.74) is 3.02. The predicted octanol–water partition coefficient (Wildman–Crippen LogP) is 2.66. The number of rotatable bonds is 7. The van der Waals surface area contributed by atoms with Crippen LogP contribution in [0.3, 0.4) is 0 Å². The van der Waals surface area contributed by atoms with Crippen molar-refractivity contribution in [2.45, 2.75) is 38.8 Å². The fraction of sp³-hybridized carbons (Fsp3) is 0.389. The van der Waals surface area contributed by atoms with Crippen molar-refractivity contribution in [3.8, 4) is 11.1 Å². The van der Waals surface area contributed by atoms with Gasteiger partial charge in [-0.05, 0) is 37.8 Å². The maximum atomic E-state index is 12.0. The van der Waals surface area contributed by atoms with Gasteiger partial charge in [0, 0.05) is 30.6 Å². The van der Waals surface area contributed by atoms with E-state index in [1.807, 2.05) is 38.1 Å². The second-order valence-corrected chi connectivity index (χ2v) is 5.86. The van der Waals surface area contributed by atoms with Gasteiger partial charge in [-0.2, -0.15) is 0 Å². The molecule has 1 aromatic carbocycles. The quantitative estimate of drug-likeness (QED) is 0.729. The van der Waals surface area contributed by atoms with Crippen molar-refractivity contribution in [1.29, 1.82) is 0 Å². The van der Waals surface area contributed by atoms with Crippen molar-refractivity contribution in [2.75, 3.05) is 6.61 Å². The van der Waals surface area contributed by atoms with Crippen LogP contribution in [-0.2, 0) is 0 Å². The number of urea groups is 1. The number of carbonyl (C=O) groups is 1. The Morgan fingerprint density at radius 3 is 2.38 bits per heavy atom. The summed E-state index contributed by atoms with van der Waals surface area (Å²) in [6, 6.07) is 7.70. The summed E-state index contributed by atoms with van der Waals surface area (Å²) in [4.78, 5) is 20.0. The molecule has 2 unspecified atom stereocenters. The molecule has 2 rings (SSSR count). The van der Waals surface area contributed by atoms with Gasteiger partial charge in [-0.3, -0.25) is 0 Å². The van der Waals surface area contributed by atoms with Crippen molar-refractivity contribution in [2.24, 2.45) is 0 Å². The summed E-state index contributed by atoms with van der Waals surface area (Å²) in [6.07, 6.45) is 6.48. The van der Waals surface area contributed by atoms with Crippen LogP contribution in [0.4, 0.5) is 4.79 Å². The molecule has 0 saturated heterocycles. The summed E-state index contributed by atoms with van der Waals surface area (Å²) in [6.45, 7) is 4.01. The molecule has 1 aromatic heterocycles. The van der Waals surface area contributed by atoms with Gasteiger partial charge in [-0.15, -0.1) is 0 Å². The zero-order valence-electron chi connectivity index (χ0n) is 14.1. The van der Waals surface area contributed by atoms with Crippen LogP contribution in [0.15, 0.2) is 43.0 Å². The topological polar surface area (TPSA) is 87.1 Å². The Labute approximate surface area is 142 Å². The van der Waals surface area contributed by atoms with Crippen LogP contribution < -0.4 is 10.6 Å². The van der Waals surface area contributed by atoms with E-state index in [0.717, 1.165) is 23.1 Å². The first kappa shape index (κ1) is 17.9. The van der Waals surface area contributed by atoms with Gasteiger partial charge in [-0.1, -0.05) is 24.3 Å². The van der Waals surface area contributed by atoms with Crippen LogP contribution in [0.2, 0.25) is 0 Å². The van der Waals surface area contributed by atoms with Crippen molar-refractivity contribution in [1.82, 2.24) is 20.6 Å². The molecule has 0 aliphatic rings. The first-order chi connectivity index (χ1) is 11.6. The lowest BCUT2D eigenvalue weighted by molar-refractivity contribution is 0.231. The molecule has 0 aliphatic heterocycles. The molecule has 0 fully saturated rings. The van der Waals surface area contributed by atoms with Gasteiger partial charge in [0.1, 0.15) is 6.33 Å². The van der Waals surface area contributed by atoms with Gasteiger partial charge in [0.2, 0.25) is 0 Å². The summed E-state index contributed by atoms with van der Waals surface area (Å²) >= 11 is 0. The van der Waals surface area contributed by atoms with E-state index in [2.05, 4.69) is 20.6 Å². The zero-order valence-corrected chi connectivity index (χ0v) is 14.1. The monoisotopic (exact) mass is 328 g/mol. The van der Waals surface area contributed by atoms with Crippen LogP contribution in [0.1, 0.15) is 38.3 Å². The maximum absolute atomic E-state index is 12.0. The molecule has 0 saturated carbocycles. The average molecular weight is 328 g/mol. The molecular formula is C18H24N4O2. The van der Waals surface area contributed by atoms with Gasteiger partial charge >= 0.3 is 6.03 Å². The molecule has 6 nitrogen and oxygen atoms in total. The summed E-state index contributed by atoms with van der Waals surface area (Å²) in [7, 11) is 0. The zero-order chi connectivity index (χ0) is 17.4. The highest BCUT2D eigenvalue weighted by Gasteiger charge is 2.11. The largest absolute Gasteiger partial charge is 0.396 e. The summed E-state index contributed by atoms with van der Waals surface area (Å²) in [5, 5.41) is 14.6. The van der Waals surface area contributed by atoms with Gasteiger partial charge in [0.15, 0.2) is 0 Å². The molecule has 128 valence electrons. The predicted molar refractivity (Wildman–Crippen MR) is 93.3 cm³/mol. The lowest BCUT2D eigenvalue weighted by Crippen LogP contribution is -2.41. The molecule has 1 heterocycles. The van der Waals surface area contributed by atoms with Crippen molar-refractivity contribution in [3.05, 3.63) is 48.5 Å². The highest BCUT2D eigenvalue weighted by Crippen LogP contribution is 2.20. The second kappa shape index (κ2) is 8.98. The molecule has 2 amide bonds. The summed E-state index contributed by atoms with van der Waals surface area (Å²) in [5.74, 6) is 0. The van der Waals surface area contributed by atoms with E-state index in [0.29, 0.717) is 6.42 Å². The van der Waals surface area contributed by atoms with Gasteiger partial charge in [0.25, 0.3) is 0 Å². The number of nitrogens with one attached hydrogen (secondary N) is 2. The molecule has 0 radical (unpaired) electrons. The lowest BCUT2D eigenvalue weighted by Gasteiger charge is -2.18. The highest BCUT2D eigenvalue weighted by molar-refractivity contribution is 5.74. The number of amides is 2. The molecule has 2 aromatic rings. The molecule has 2 atom stereocenters. The normalized spacial score (nSPS) is 13.1. The van der Waals surface area contributed by atoms with Gasteiger partial charge < -0.3 is 15.7 Å². The summed E-state index contributed by atoms with van der Waals surface area (Å²) < 4.78 is 0. The molecule has 6 heteroatoms. The van der Waals surface area contributed by atoms with Crippen molar-refractivity contribution < 1.29 is 9.90 Å². The minimum Gasteiger partial charge on any atom is -0.396 e. The SMILES string of the molecule is CC(CCCO)NC(=O)NC(C)c1ccc(-c2cncnc2)cc1. The molecular weight excluding hydrogens is 304 g/mol. The van der Waals surface area contributed by atoms with E-state index in [1.165, 1.54) is 6.33 Å². The Morgan fingerprint density at radius 2 is 1.75 bits per heavy atom. The van der Waals surface area contributed by atoms with E-state index in [4.69, 9.17) is 5.11 Å². The first-order valence-corrected chi connectivity index (χ1v) is 8.13. The van der Waals surface area contributed by atoms with Crippen molar-refractivity contribution in [3.63, 3.8) is 0 Å². The lowest BCUT2D eigenvalue weighted by atomic mass is 10.0.